The Morgan fingerprint density at radius 1 is 1.33 bits per heavy atom. The van der Waals surface area contributed by atoms with Crippen LogP contribution in [0.5, 0.6) is 0 Å². The molecule has 0 aliphatic rings. The van der Waals surface area contributed by atoms with Gasteiger partial charge >= 0.3 is 5.97 Å². The minimum Gasteiger partial charge on any atom is -0.481 e. The fourth-order valence-corrected chi connectivity index (χ4v) is 1.99. The first kappa shape index (κ1) is 14.7. The van der Waals surface area contributed by atoms with Crippen molar-refractivity contribution in [2.75, 3.05) is 7.11 Å². The largest absolute Gasteiger partial charge is 0.481 e. The van der Waals surface area contributed by atoms with Crippen LogP contribution in [0.1, 0.15) is 38.3 Å². The molecule has 1 rings (SSSR count). The third kappa shape index (κ3) is 4.15. The Kier molecular flexibility index (Phi) is 4.91. The summed E-state index contributed by atoms with van der Waals surface area (Å²) in [5.74, 6) is -0.767. The summed E-state index contributed by atoms with van der Waals surface area (Å²) >= 11 is 0. The molecule has 0 aromatic heterocycles. The molecule has 1 aromatic carbocycles. The summed E-state index contributed by atoms with van der Waals surface area (Å²) in [6.07, 6.45) is 1.21. The number of carbonyl (C=O) groups is 1. The summed E-state index contributed by atoms with van der Waals surface area (Å²) < 4.78 is 5.23. The van der Waals surface area contributed by atoms with Crippen molar-refractivity contribution in [2.24, 2.45) is 0 Å². The standard InChI is InChI=1S/C15H22O3/c1-11(18-4)9-12-5-7-13(8-6-12)15(2,3)10-14(16)17/h5-8,11H,9-10H2,1-4H3,(H,16,17). The Bertz CT molecular complexity index is 393. The first-order valence-electron chi connectivity index (χ1n) is 6.19. The lowest BCUT2D eigenvalue weighted by atomic mass is 9.81. The van der Waals surface area contributed by atoms with Gasteiger partial charge in [0.25, 0.3) is 0 Å². The molecule has 0 radical (unpaired) electrons. The highest BCUT2D eigenvalue weighted by molar-refractivity contribution is 5.68. The summed E-state index contributed by atoms with van der Waals surface area (Å²) in [6, 6.07) is 8.13. The third-order valence-corrected chi connectivity index (χ3v) is 3.25. The highest BCUT2D eigenvalue weighted by atomic mass is 16.5. The van der Waals surface area contributed by atoms with Gasteiger partial charge < -0.3 is 9.84 Å². The molecule has 0 aliphatic heterocycles. The lowest BCUT2D eigenvalue weighted by molar-refractivity contribution is -0.138. The Hall–Kier alpha value is -1.35. The molecule has 100 valence electrons. The molecule has 0 spiro atoms. The summed E-state index contributed by atoms with van der Waals surface area (Å²) in [7, 11) is 1.70. The van der Waals surface area contributed by atoms with E-state index in [0.29, 0.717) is 0 Å². The number of hydrogen-bond donors (Lipinski definition) is 1. The van der Waals surface area contributed by atoms with Gasteiger partial charge in [-0.05, 0) is 24.5 Å². The lowest BCUT2D eigenvalue weighted by Gasteiger charge is -2.23. The van der Waals surface area contributed by atoms with E-state index in [1.54, 1.807) is 7.11 Å². The highest BCUT2D eigenvalue weighted by Crippen LogP contribution is 2.27. The molecule has 1 atom stereocenters. The Morgan fingerprint density at radius 3 is 2.33 bits per heavy atom. The van der Waals surface area contributed by atoms with Crippen molar-refractivity contribution in [3.05, 3.63) is 35.4 Å². The molecule has 0 saturated carbocycles. The molecular weight excluding hydrogens is 228 g/mol. The Balaban J connectivity index is 2.78. The predicted molar refractivity (Wildman–Crippen MR) is 71.9 cm³/mol. The van der Waals surface area contributed by atoms with Crippen LogP contribution in [-0.2, 0) is 21.4 Å². The van der Waals surface area contributed by atoms with Crippen LogP contribution in [0.4, 0.5) is 0 Å². The number of carboxylic acids is 1. The van der Waals surface area contributed by atoms with Crippen LogP contribution < -0.4 is 0 Å². The van der Waals surface area contributed by atoms with E-state index in [1.807, 2.05) is 32.9 Å². The van der Waals surface area contributed by atoms with Crippen molar-refractivity contribution < 1.29 is 14.6 Å². The minimum absolute atomic E-state index is 0.140. The fraction of sp³-hybridized carbons (Fsp3) is 0.533. The topological polar surface area (TPSA) is 46.5 Å². The number of ether oxygens (including phenoxy) is 1. The van der Waals surface area contributed by atoms with Gasteiger partial charge in [0, 0.05) is 12.5 Å². The van der Waals surface area contributed by atoms with E-state index in [9.17, 15) is 4.79 Å². The van der Waals surface area contributed by atoms with Crippen LogP contribution in [0, 0.1) is 0 Å². The molecule has 1 unspecified atom stereocenters. The fourth-order valence-electron chi connectivity index (χ4n) is 1.99. The maximum absolute atomic E-state index is 10.8. The molecule has 3 heteroatoms. The molecule has 0 bridgehead atoms. The van der Waals surface area contributed by atoms with Crippen molar-refractivity contribution in [2.45, 2.75) is 45.1 Å². The van der Waals surface area contributed by atoms with Gasteiger partial charge in [-0.2, -0.15) is 0 Å². The second kappa shape index (κ2) is 6.01. The number of hydrogen-bond acceptors (Lipinski definition) is 2. The summed E-state index contributed by atoms with van der Waals surface area (Å²) in [6.45, 7) is 5.93. The first-order chi connectivity index (χ1) is 8.35. The second-order valence-corrected chi connectivity index (χ2v) is 5.40. The van der Waals surface area contributed by atoms with Crippen molar-refractivity contribution in [1.82, 2.24) is 0 Å². The number of methoxy groups -OCH3 is 1. The molecule has 1 N–H and O–H groups in total. The maximum Gasteiger partial charge on any atom is 0.304 e. The average Bonchev–Trinajstić information content (AvgIpc) is 2.28. The normalized spacial score (nSPS) is 13.3. The van der Waals surface area contributed by atoms with Gasteiger partial charge in [-0.3, -0.25) is 4.79 Å². The highest BCUT2D eigenvalue weighted by Gasteiger charge is 2.23. The van der Waals surface area contributed by atoms with Gasteiger partial charge in [-0.15, -0.1) is 0 Å². The van der Waals surface area contributed by atoms with E-state index in [2.05, 4.69) is 12.1 Å². The Morgan fingerprint density at radius 2 is 1.89 bits per heavy atom. The zero-order valence-electron chi connectivity index (χ0n) is 11.6. The number of rotatable bonds is 6. The average molecular weight is 250 g/mol. The summed E-state index contributed by atoms with van der Waals surface area (Å²) in [4.78, 5) is 10.8. The predicted octanol–water partition coefficient (Wildman–Crippen LogP) is 3.02. The van der Waals surface area contributed by atoms with Crippen LogP contribution >= 0.6 is 0 Å². The molecular formula is C15H22O3. The number of aliphatic carboxylic acids is 1. The Labute approximate surface area is 109 Å². The monoisotopic (exact) mass is 250 g/mol. The minimum atomic E-state index is -0.767. The van der Waals surface area contributed by atoms with Gasteiger partial charge in [0.05, 0.1) is 12.5 Å². The molecule has 0 fully saturated rings. The van der Waals surface area contributed by atoms with Crippen LogP contribution in [0.15, 0.2) is 24.3 Å². The lowest BCUT2D eigenvalue weighted by Crippen LogP contribution is -2.21. The quantitative estimate of drug-likeness (QED) is 0.844. The van der Waals surface area contributed by atoms with Gasteiger partial charge in [-0.25, -0.2) is 0 Å². The van der Waals surface area contributed by atoms with Crippen LogP contribution in [-0.4, -0.2) is 24.3 Å². The molecule has 3 nitrogen and oxygen atoms in total. The SMILES string of the molecule is COC(C)Cc1ccc(C(C)(C)CC(=O)O)cc1. The van der Waals surface area contributed by atoms with E-state index in [-0.39, 0.29) is 17.9 Å². The molecule has 0 heterocycles. The van der Waals surface area contributed by atoms with Crippen molar-refractivity contribution in [1.29, 1.82) is 0 Å². The van der Waals surface area contributed by atoms with Crippen molar-refractivity contribution >= 4 is 5.97 Å². The zero-order valence-corrected chi connectivity index (χ0v) is 11.6. The summed E-state index contributed by atoms with van der Waals surface area (Å²) in [5, 5.41) is 8.90. The van der Waals surface area contributed by atoms with Gasteiger partial charge in [0.15, 0.2) is 0 Å². The van der Waals surface area contributed by atoms with Crippen LogP contribution in [0.25, 0.3) is 0 Å². The van der Waals surface area contributed by atoms with Crippen LogP contribution in [0.2, 0.25) is 0 Å². The van der Waals surface area contributed by atoms with E-state index in [4.69, 9.17) is 9.84 Å². The third-order valence-electron chi connectivity index (χ3n) is 3.25. The molecule has 0 amide bonds. The van der Waals surface area contributed by atoms with Crippen LogP contribution in [0.3, 0.4) is 0 Å². The second-order valence-electron chi connectivity index (χ2n) is 5.40. The smallest absolute Gasteiger partial charge is 0.304 e. The van der Waals surface area contributed by atoms with Crippen molar-refractivity contribution in [3.63, 3.8) is 0 Å². The van der Waals surface area contributed by atoms with E-state index in [0.717, 1.165) is 12.0 Å². The first-order valence-corrected chi connectivity index (χ1v) is 6.19. The molecule has 18 heavy (non-hydrogen) atoms. The summed E-state index contributed by atoms with van der Waals surface area (Å²) in [5.41, 5.74) is 1.93. The zero-order chi connectivity index (χ0) is 13.8. The number of carboxylic acid groups (broad SMARTS) is 1. The molecule has 0 saturated heterocycles. The van der Waals surface area contributed by atoms with E-state index < -0.39 is 5.97 Å². The maximum atomic E-state index is 10.8. The van der Waals surface area contributed by atoms with E-state index in [1.165, 1.54) is 5.56 Å². The van der Waals surface area contributed by atoms with Gasteiger partial charge in [0.2, 0.25) is 0 Å². The van der Waals surface area contributed by atoms with Gasteiger partial charge in [-0.1, -0.05) is 38.1 Å². The molecule has 1 aromatic rings. The van der Waals surface area contributed by atoms with Gasteiger partial charge in [0.1, 0.15) is 0 Å². The number of benzene rings is 1. The molecule has 0 aliphatic carbocycles. The van der Waals surface area contributed by atoms with Crippen molar-refractivity contribution in [3.8, 4) is 0 Å². The van der Waals surface area contributed by atoms with E-state index >= 15 is 0 Å².